The highest BCUT2D eigenvalue weighted by molar-refractivity contribution is 14.1. The van der Waals surface area contributed by atoms with Gasteiger partial charge in [0.05, 0.1) is 11.3 Å². The summed E-state index contributed by atoms with van der Waals surface area (Å²) in [5.41, 5.74) is 3.97. The summed E-state index contributed by atoms with van der Waals surface area (Å²) < 4.78 is 1.04. The monoisotopic (exact) mass is 498 g/mol. The van der Waals surface area contributed by atoms with Crippen LogP contribution < -0.4 is 10.2 Å². The summed E-state index contributed by atoms with van der Waals surface area (Å²) in [4.78, 5) is 27.3. The molecule has 0 saturated heterocycles. The van der Waals surface area contributed by atoms with Crippen LogP contribution in [0.4, 0.5) is 5.69 Å². The molecule has 0 radical (unpaired) electrons. The summed E-state index contributed by atoms with van der Waals surface area (Å²) in [5.74, 6) is -0.331. The zero-order valence-electron chi connectivity index (χ0n) is 16.5. The summed E-state index contributed by atoms with van der Waals surface area (Å²) in [7, 11) is 1.70. The Hall–Kier alpha value is -2.67. The molecule has 29 heavy (non-hydrogen) atoms. The molecule has 0 bridgehead atoms. The summed E-state index contributed by atoms with van der Waals surface area (Å²) in [6, 6.07) is 22.8. The van der Waals surface area contributed by atoms with Gasteiger partial charge in [-0.25, -0.2) is 0 Å². The van der Waals surface area contributed by atoms with Crippen LogP contribution in [0.3, 0.4) is 0 Å². The van der Waals surface area contributed by atoms with E-state index in [0.717, 1.165) is 15.6 Å². The molecule has 0 spiro atoms. The molecule has 0 aliphatic rings. The average molecular weight is 498 g/mol. The number of rotatable bonds is 6. The van der Waals surface area contributed by atoms with Gasteiger partial charge in [0.15, 0.2) is 0 Å². The van der Waals surface area contributed by atoms with Crippen molar-refractivity contribution in [2.24, 2.45) is 0 Å². The molecule has 3 aromatic carbocycles. The number of anilines is 1. The maximum Gasteiger partial charge on any atom is 0.258 e. The Bertz CT molecular complexity index is 1020. The first-order chi connectivity index (χ1) is 14.0. The minimum Gasteiger partial charge on any atom is -0.352 e. The molecule has 4 nitrogen and oxygen atoms in total. The Kier molecular flexibility index (Phi) is 7.04. The average Bonchev–Trinajstić information content (AvgIpc) is 2.75. The lowest BCUT2D eigenvalue weighted by Gasteiger charge is -2.21. The third kappa shape index (κ3) is 5.23. The van der Waals surface area contributed by atoms with E-state index in [4.69, 9.17) is 0 Å². The van der Waals surface area contributed by atoms with Crippen LogP contribution in [0.15, 0.2) is 72.8 Å². The maximum absolute atomic E-state index is 13.0. The van der Waals surface area contributed by atoms with Crippen LogP contribution in [0, 0.1) is 10.5 Å². The smallest absolute Gasteiger partial charge is 0.258 e. The Balaban J connectivity index is 1.74. The quantitative estimate of drug-likeness (QED) is 0.495. The highest BCUT2D eigenvalue weighted by Crippen LogP contribution is 2.22. The Labute approximate surface area is 185 Å². The molecular formula is C24H23IN2O2. The summed E-state index contributed by atoms with van der Waals surface area (Å²) in [5, 5.41) is 2.96. The lowest BCUT2D eigenvalue weighted by molar-refractivity contribution is 0.0954. The molecule has 0 heterocycles. The van der Waals surface area contributed by atoms with Gasteiger partial charge in [-0.3, -0.25) is 9.59 Å². The van der Waals surface area contributed by atoms with Crippen molar-refractivity contribution in [3.8, 4) is 0 Å². The van der Waals surface area contributed by atoms with Crippen LogP contribution in [0.25, 0.3) is 0 Å². The number of aryl methyl sites for hydroxylation is 1. The first kappa shape index (κ1) is 21.0. The minimum atomic E-state index is -0.185. The van der Waals surface area contributed by atoms with E-state index < -0.39 is 0 Å². The molecule has 0 saturated carbocycles. The van der Waals surface area contributed by atoms with Gasteiger partial charge in [-0.15, -0.1) is 0 Å². The Morgan fingerprint density at radius 3 is 2.38 bits per heavy atom. The molecule has 2 amide bonds. The van der Waals surface area contributed by atoms with Gasteiger partial charge in [-0.1, -0.05) is 48.5 Å². The summed E-state index contributed by atoms with van der Waals surface area (Å²) in [6.45, 7) is 2.54. The Morgan fingerprint density at radius 2 is 1.66 bits per heavy atom. The third-order valence-electron chi connectivity index (χ3n) is 4.78. The molecule has 0 unspecified atom stereocenters. The fourth-order valence-electron chi connectivity index (χ4n) is 3.05. The van der Waals surface area contributed by atoms with Crippen LogP contribution in [0.5, 0.6) is 0 Å². The number of hydrogen-bond acceptors (Lipinski definition) is 2. The zero-order chi connectivity index (χ0) is 20.8. The van der Waals surface area contributed by atoms with Gasteiger partial charge in [0.25, 0.3) is 11.8 Å². The number of carbonyl (C=O) groups excluding carboxylic acids is 2. The van der Waals surface area contributed by atoms with Crippen LogP contribution in [-0.4, -0.2) is 25.4 Å². The molecule has 0 aliphatic heterocycles. The summed E-state index contributed by atoms with van der Waals surface area (Å²) in [6.07, 6.45) is 0.755. The van der Waals surface area contributed by atoms with Crippen molar-refractivity contribution in [3.05, 3.63) is 98.6 Å². The molecule has 5 heteroatoms. The SMILES string of the molecule is Cc1ccc(C(=O)N(C)c2ccccc2C(=O)NCCc2ccccc2)cc1I. The fourth-order valence-corrected chi connectivity index (χ4v) is 3.56. The lowest BCUT2D eigenvalue weighted by Crippen LogP contribution is -2.31. The van der Waals surface area contributed by atoms with Crippen molar-refractivity contribution in [1.82, 2.24) is 5.32 Å². The Morgan fingerprint density at radius 1 is 0.966 bits per heavy atom. The van der Waals surface area contributed by atoms with E-state index in [0.29, 0.717) is 23.4 Å². The van der Waals surface area contributed by atoms with Crippen molar-refractivity contribution in [2.75, 3.05) is 18.5 Å². The minimum absolute atomic E-state index is 0.146. The zero-order valence-corrected chi connectivity index (χ0v) is 18.6. The predicted molar refractivity (Wildman–Crippen MR) is 126 cm³/mol. The standard InChI is InChI=1S/C24H23IN2O2/c1-17-12-13-19(16-21(17)25)24(29)27(2)22-11-7-6-10-20(22)23(28)26-15-14-18-8-4-3-5-9-18/h3-13,16H,14-15H2,1-2H3,(H,26,28). The second-order valence-corrected chi connectivity index (χ2v) is 8.00. The number of benzene rings is 3. The van der Waals surface area contributed by atoms with Gasteiger partial charge in [0.1, 0.15) is 0 Å². The molecule has 0 aromatic heterocycles. The molecule has 148 valence electrons. The predicted octanol–water partition coefficient (Wildman–Crippen LogP) is 4.85. The fraction of sp³-hybridized carbons (Fsp3) is 0.167. The van der Waals surface area contributed by atoms with Crippen molar-refractivity contribution in [3.63, 3.8) is 0 Å². The van der Waals surface area contributed by atoms with Crippen molar-refractivity contribution < 1.29 is 9.59 Å². The highest BCUT2D eigenvalue weighted by atomic mass is 127. The van der Waals surface area contributed by atoms with Gasteiger partial charge < -0.3 is 10.2 Å². The second kappa shape index (κ2) is 9.69. The molecule has 0 atom stereocenters. The first-order valence-corrected chi connectivity index (χ1v) is 10.5. The number of hydrogen-bond donors (Lipinski definition) is 1. The van der Waals surface area contributed by atoms with E-state index in [9.17, 15) is 9.59 Å². The van der Waals surface area contributed by atoms with Gasteiger partial charge >= 0.3 is 0 Å². The number of amides is 2. The van der Waals surface area contributed by atoms with E-state index in [1.165, 1.54) is 10.5 Å². The second-order valence-electron chi connectivity index (χ2n) is 6.84. The molecule has 0 aliphatic carbocycles. The van der Waals surface area contributed by atoms with E-state index in [2.05, 4.69) is 27.9 Å². The van der Waals surface area contributed by atoms with Gasteiger partial charge in [0, 0.05) is 22.7 Å². The largest absolute Gasteiger partial charge is 0.352 e. The third-order valence-corrected chi connectivity index (χ3v) is 5.94. The van der Waals surface area contributed by atoms with E-state index in [1.54, 1.807) is 19.2 Å². The van der Waals surface area contributed by atoms with E-state index in [-0.39, 0.29) is 11.8 Å². The van der Waals surface area contributed by atoms with Crippen LogP contribution >= 0.6 is 22.6 Å². The molecule has 1 N–H and O–H groups in total. The first-order valence-electron chi connectivity index (χ1n) is 9.42. The number of nitrogens with zero attached hydrogens (tertiary/aromatic N) is 1. The summed E-state index contributed by atoms with van der Waals surface area (Å²) >= 11 is 2.22. The normalized spacial score (nSPS) is 10.4. The van der Waals surface area contributed by atoms with Crippen LogP contribution in [0.2, 0.25) is 0 Å². The van der Waals surface area contributed by atoms with Gasteiger partial charge in [-0.2, -0.15) is 0 Å². The van der Waals surface area contributed by atoms with Gasteiger partial charge in [-0.05, 0) is 71.3 Å². The van der Waals surface area contributed by atoms with Crippen LogP contribution in [-0.2, 0) is 6.42 Å². The molecule has 3 aromatic rings. The number of nitrogens with one attached hydrogen (secondary N) is 1. The molecule has 0 fully saturated rings. The molecule has 3 rings (SSSR count). The number of halogens is 1. The number of carbonyl (C=O) groups is 2. The van der Waals surface area contributed by atoms with E-state index in [1.807, 2.05) is 67.6 Å². The van der Waals surface area contributed by atoms with Crippen molar-refractivity contribution in [2.45, 2.75) is 13.3 Å². The van der Waals surface area contributed by atoms with Gasteiger partial charge in [0.2, 0.25) is 0 Å². The van der Waals surface area contributed by atoms with Crippen LogP contribution in [0.1, 0.15) is 31.8 Å². The van der Waals surface area contributed by atoms with E-state index >= 15 is 0 Å². The molecular weight excluding hydrogens is 475 g/mol. The van der Waals surface area contributed by atoms with Crippen molar-refractivity contribution >= 4 is 40.1 Å². The maximum atomic E-state index is 13.0. The lowest BCUT2D eigenvalue weighted by atomic mass is 10.1. The highest BCUT2D eigenvalue weighted by Gasteiger charge is 2.20. The topological polar surface area (TPSA) is 49.4 Å². The van der Waals surface area contributed by atoms with Crippen molar-refractivity contribution in [1.29, 1.82) is 0 Å². The number of para-hydroxylation sites is 1.